The summed E-state index contributed by atoms with van der Waals surface area (Å²) in [5.41, 5.74) is 7.88. The topological polar surface area (TPSA) is 127 Å². The molecular weight excluding hydrogens is 487 g/mol. The molecule has 0 fully saturated rings. The minimum Gasteiger partial charge on any atom is -0.478 e. The number of nitrogens with zero attached hydrogens (tertiary/aromatic N) is 5. The molecule has 0 aliphatic heterocycles. The van der Waals surface area contributed by atoms with Crippen molar-refractivity contribution < 1.29 is 19.1 Å². The summed E-state index contributed by atoms with van der Waals surface area (Å²) in [7, 11) is 0. The number of rotatable bonds is 8. The van der Waals surface area contributed by atoms with E-state index in [0.717, 1.165) is 0 Å². The molecule has 0 aliphatic rings. The molecule has 0 aliphatic carbocycles. The van der Waals surface area contributed by atoms with Crippen LogP contribution in [-0.4, -0.2) is 43.0 Å². The highest BCUT2D eigenvalue weighted by atomic mass is 19.1. The van der Waals surface area contributed by atoms with Crippen LogP contribution in [0.15, 0.2) is 85.2 Å². The van der Waals surface area contributed by atoms with Gasteiger partial charge in [0.25, 0.3) is 0 Å². The highest BCUT2D eigenvalue weighted by Crippen LogP contribution is 2.33. The van der Waals surface area contributed by atoms with Gasteiger partial charge in [-0.05, 0) is 73.7 Å². The van der Waals surface area contributed by atoms with Crippen LogP contribution in [0.3, 0.4) is 0 Å². The number of carboxylic acid groups (broad SMARTS) is 1. The number of carboxylic acids is 1. The highest BCUT2D eigenvalue weighted by molar-refractivity contribution is 5.95. The van der Waals surface area contributed by atoms with Gasteiger partial charge in [0.2, 0.25) is 5.91 Å². The van der Waals surface area contributed by atoms with Gasteiger partial charge in [0.05, 0.1) is 17.0 Å². The average molecular weight is 511 g/mol. The normalized spacial score (nSPS) is 11.8. The van der Waals surface area contributed by atoms with Crippen LogP contribution in [0.5, 0.6) is 0 Å². The van der Waals surface area contributed by atoms with E-state index in [9.17, 15) is 19.1 Å². The van der Waals surface area contributed by atoms with Gasteiger partial charge in [-0.1, -0.05) is 6.07 Å². The Kier molecular flexibility index (Phi) is 6.53. The summed E-state index contributed by atoms with van der Waals surface area (Å²) in [6, 6.07) is 19.4. The van der Waals surface area contributed by atoms with Gasteiger partial charge in [-0.3, -0.25) is 9.36 Å². The van der Waals surface area contributed by atoms with Gasteiger partial charge in [-0.2, -0.15) is 0 Å². The smallest absolute Gasteiger partial charge is 0.335 e. The van der Waals surface area contributed by atoms with Gasteiger partial charge in [-0.15, -0.1) is 0 Å². The Morgan fingerprint density at radius 1 is 1.03 bits per heavy atom. The molecule has 9 nitrogen and oxygen atoms in total. The Balaban J connectivity index is 1.70. The molecule has 2 aromatic carbocycles. The van der Waals surface area contributed by atoms with Gasteiger partial charge < -0.3 is 15.7 Å². The second kappa shape index (κ2) is 10.1. The highest BCUT2D eigenvalue weighted by Gasteiger charge is 2.28. The second-order valence-corrected chi connectivity index (χ2v) is 8.68. The molecule has 1 unspecified atom stereocenters. The van der Waals surface area contributed by atoms with Crippen molar-refractivity contribution in [3.05, 3.63) is 108 Å². The summed E-state index contributed by atoms with van der Waals surface area (Å²) in [5.74, 6) is -1.39. The number of pyridine rings is 1. The number of carbonyl (C=O) groups is 2. The molecule has 1 atom stereocenters. The van der Waals surface area contributed by atoms with Gasteiger partial charge in [0.1, 0.15) is 23.3 Å². The maximum atomic E-state index is 13.7. The first-order chi connectivity index (χ1) is 18.3. The van der Waals surface area contributed by atoms with E-state index in [-0.39, 0.29) is 12.1 Å². The molecule has 5 aromatic rings. The van der Waals surface area contributed by atoms with E-state index in [0.29, 0.717) is 39.7 Å². The second-order valence-electron chi connectivity index (χ2n) is 8.68. The number of carbonyl (C=O) groups excluding carboxylic acids is 1. The van der Waals surface area contributed by atoms with Crippen molar-refractivity contribution in [2.45, 2.75) is 12.8 Å². The number of aryl methyl sites for hydroxylation is 1. The molecule has 0 saturated carbocycles. The predicted octanol–water partition coefficient (Wildman–Crippen LogP) is 4.37. The molecule has 38 heavy (non-hydrogen) atoms. The van der Waals surface area contributed by atoms with Gasteiger partial charge in [0.15, 0.2) is 0 Å². The van der Waals surface area contributed by atoms with Gasteiger partial charge in [-0.25, -0.2) is 24.1 Å². The maximum absolute atomic E-state index is 13.7. The molecule has 3 heterocycles. The first-order valence-corrected chi connectivity index (χ1v) is 11.7. The Hall–Kier alpha value is -5.12. The molecule has 0 saturated heterocycles. The summed E-state index contributed by atoms with van der Waals surface area (Å²) >= 11 is 0. The van der Waals surface area contributed by atoms with Crippen molar-refractivity contribution >= 4 is 34.3 Å². The Labute approximate surface area is 217 Å². The third-order valence-corrected chi connectivity index (χ3v) is 6.20. The third kappa shape index (κ3) is 4.79. The Morgan fingerprint density at radius 2 is 1.82 bits per heavy atom. The van der Waals surface area contributed by atoms with Gasteiger partial charge in [0, 0.05) is 35.7 Å². The van der Waals surface area contributed by atoms with Crippen LogP contribution in [0, 0.1) is 12.7 Å². The average Bonchev–Trinajstić information content (AvgIpc) is 3.28. The molecule has 5 rings (SSSR count). The number of halogens is 1. The lowest BCUT2D eigenvalue weighted by Crippen LogP contribution is -2.34. The molecule has 10 heteroatoms. The number of amides is 1. The zero-order valence-electron chi connectivity index (χ0n) is 20.3. The van der Waals surface area contributed by atoms with Crippen LogP contribution in [0.2, 0.25) is 0 Å². The number of nitrogens with two attached hydrogens (primary N) is 1. The zero-order chi connectivity index (χ0) is 26.8. The fourth-order valence-electron chi connectivity index (χ4n) is 4.43. The number of aromatic nitrogens is 4. The quantitative estimate of drug-likeness (QED) is 0.317. The number of aromatic carboxylic acids is 1. The standard InChI is InChI=1S/C28H23FN6O3/c1-17-31-13-11-26(33-17)35-23-10-5-18(28(37)38)14-19(23)15-24(35)22(27(30)36)16-34(25-4-2-3-12-32-25)21-8-6-20(29)7-9-21/h2-15,22H,16H2,1H3,(H2,30,36)(H,37,38). The molecule has 0 radical (unpaired) electrons. The summed E-state index contributed by atoms with van der Waals surface area (Å²) in [6.07, 6.45) is 3.23. The monoisotopic (exact) mass is 510 g/mol. The summed E-state index contributed by atoms with van der Waals surface area (Å²) in [5, 5.41) is 10.1. The number of fused-ring (bicyclic) bond motifs is 1. The Bertz CT molecular complexity index is 1640. The van der Waals surface area contributed by atoms with Crippen LogP contribution in [-0.2, 0) is 4.79 Å². The van der Waals surface area contributed by atoms with E-state index in [1.165, 1.54) is 18.2 Å². The van der Waals surface area contributed by atoms with Crippen LogP contribution >= 0.6 is 0 Å². The maximum Gasteiger partial charge on any atom is 0.335 e. The van der Waals surface area contributed by atoms with Crippen molar-refractivity contribution in [1.82, 2.24) is 19.5 Å². The predicted molar refractivity (Wildman–Crippen MR) is 140 cm³/mol. The van der Waals surface area contributed by atoms with E-state index in [4.69, 9.17) is 5.73 Å². The minimum atomic E-state index is -1.07. The first-order valence-electron chi connectivity index (χ1n) is 11.7. The van der Waals surface area contributed by atoms with E-state index in [1.807, 2.05) is 6.07 Å². The minimum absolute atomic E-state index is 0.0736. The number of benzene rings is 2. The number of hydrogen-bond donors (Lipinski definition) is 2. The van der Waals surface area contributed by atoms with E-state index in [1.54, 1.807) is 77.3 Å². The molecule has 0 bridgehead atoms. The molecule has 0 spiro atoms. The van der Waals surface area contributed by atoms with Crippen LogP contribution < -0.4 is 10.6 Å². The van der Waals surface area contributed by atoms with Crippen molar-refractivity contribution in [3.63, 3.8) is 0 Å². The van der Waals surface area contributed by atoms with Crippen molar-refractivity contribution in [3.8, 4) is 5.82 Å². The third-order valence-electron chi connectivity index (χ3n) is 6.20. The van der Waals surface area contributed by atoms with Crippen molar-refractivity contribution in [1.29, 1.82) is 0 Å². The number of primary amides is 1. The van der Waals surface area contributed by atoms with E-state index in [2.05, 4.69) is 15.0 Å². The van der Waals surface area contributed by atoms with E-state index >= 15 is 0 Å². The fraction of sp³-hybridized carbons (Fsp3) is 0.107. The van der Waals surface area contributed by atoms with Crippen molar-refractivity contribution in [2.75, 3.05) is 11.4 Å². The summed E-state index contributed by atoms with van der Waals surface area (Å²) in [4.78, 5) is 39.6. The molecule has 3 aromatic heterocycles. The van der Waals surface area contributed by atoms with Crippen LogP contribution in [0.1, 0.15) is 27.8 Å². The fourth-order valence-corrected chi connectivity index (χ4v) is 4.43. The largest absolute Gasteiger partial charge is 0.478 e. The summed E-state index contributed by atoms with van der Waals surface area (Å²) in [6.45, 7) is 1.82. The number of anilines is 2. The van der Waals surface area contributed by atoms with E-state index < -0.39 is 23.6 Å². The lowest BCUT2D eigenvalue weighted by atomic mass is 10.0. The summed E-state index contributed by atoms with van der Waals surface area (Å²) < 4.78 is 15.5. The lowest BCUT2D eigenvalue weighted by Gasteiger charge is -2.28. The molecule has 3 N–H and O–H groups in total. The van der Waals surface area contributed by atoms with Gasteiger partial charge >= 0.3 is 5.97 Å². The molecule has 1 amide bonds. The first kappa shape index (κ1) is 24.6. The lowest BCUT2D eigenvalue weighted by molar-refractivity contribution is -0.119. The SMILES string of the molecule is Cc1nccc(-n2c(C(CN(c3ccc(F)cc3)c3ccccn3)C(N)=O)cc3cc(C(=O)O)ccc32)n1. The Morgan fingerprint density at radius 3 is 2.47 bits per heavy atom. The zero-order valence-corrected chi connectivity index (χ0v) is 20.3. The molecular formula is C28H23FN6O3. The van der Waals surface area contributed by atoms with Crippen LogP contribution in [0.25, 0.3) is 16.7 Å². The van der Waals surface area contributed by atoms with Crippen molar-refractivity contribution in [2.24, 2.45) is 5.73 Å². The number of hydrogen-bond acceptors (Lipinski definition) is 6. The molecule has 190 valence electrons. The van der Waals surface area contributed by atoms with Crippen LogP contribution in [0.4, 0.5) is 15.9 Å².